The Kier molecular flexibility index (Phi) is 7.40. The molecule has 5 aromatic rings. The van der Waals surface area contributed by atoms with E-state index in [1.165, 1.54) is 5.56 Å². The fraction of sp³-hybridized carbons (Fsp3) is 0.111. The van der Waals surface area contributed by atoms with Gasteiger partial charge < -0.3 is 4.74 Å². The molecule has 2 heterocycles. The van der Waals surface area contributed by atoms with E-state index in [9.17, 15) is 0 Å². The molecular weight excluding hydrogens is 553 g/mol. The number of hydrogen-bond acceptors (Lipinski definition) is 6. The van der Waals surface area contributed by atoms with Gasteiger partial charge >= 0.3 is 173 Å². The van der Waals surface area contributed by atoms with Crippen molar-refractivity contribution in [1.29, 1.82) is 0 Å². The monoisotopic (exact) mass is 578 g/mol. The topological polar surface area (TPSA) is 72.7 Å². The molecule has 8 heteroatoms. The first-order chi connectivity index (χ1) is 17.3. The molecule has 7 nitrogen and oxygen atoms in total. The van der Waals surface area contributed by atoms with Gasteiger partial charge in [0.05, 0.1) is 7.11 Å². The number of fused-ring (bicyclic) bond motifs is 1. The Morgan fingerprint density at radius 1 is 0.829 bits per heavy atom. The molecule has 0 aliphatic rings. The van der Waals surface area contributed by atoms with Crippen molar-refractivity contribution >= 4 is 17.3 Å². The largest absolute Gasteiger partial charge is 0.0491 e. The van der Waals surface area contributed by atoms with E-state index in [1.807, 2.05) is 77.3 Å². The van der Waals surface area contributed by atoms with Gasteiger partial charge in [-0.15, -0.1) is 0 Å². The second-order valence-electron chi connectivity index (χ2n) is 7.68. The molecule has 0 radical (unpaired) electrons. The number of rotatable bonds is 10. The van der Waals surface area contributed by atoms with E-state index in [0.717, 1.165) is 40.6 Å². The third kappa shape index (κ3) is 5.90. The summed E-state index contributed by atoms with van der Waals surface area (Å²) in [5, 5.41) is 7.96. The second-order valence-corrected chi connectivity index (χ2v) is 9.83. The van der Waals surface area contributed by atoms with Crippen molar-refractivity contribution in [2.24, 2.45) is 0 Å². The summed E-state index contributed by atoms with van der Waals surface area (Å²) in [6, 6.07) is 32.1. The molecule has 0 spiro atoms. The molecule has 0 unspecified atom stereocenters. The summed E-state index contributed by atoms with van der Waals surface area (Å²) in [6.45, 7) is 0.881. The van der Waals surface area contributed by atoms with Crippen LogP contribution in [0.4, 0.5) is 11.6 Å². The van der Waals surface area contributed by atoms with E-state index in [4.69, 9.17) is 9.47 Å². The number of aromatic nitrogens is 3. The summed E-state index contributed by atoms with van der Waals surface area (Å²) in [6.07, 6.45) is 0. The van der Waals surface area contributed by atoms with Crippen LogP contribution in [0.5, 0.6) is 11.5 Å². The third-order valence-electron chi connectivity index (χ3n) is 5.34. The van der Waals surface area contributed by atoms with Gasteiger partial charge in [0.2, 0.25) is 0 Å². The SMILES string of the molecule is COc1ccc(-c2cccc3nc(Nc4ccc(OC[I-]NCc5ccccc5)cc4)nn23)cc1. The van der Waals surface area contributed by atoms with Gasteiger partial charge in [-0.2, -0.15) is 0 Å². The van der Waals surface area contributed by atoms with Gasteiger partial charge in [0.25, 0.3) is 0 Å². The van der Waals surface area contributed by atoms with Gasteiger partial charge in [0, 0.05) is 0 Å². The van der Waals surface area contributed by atoms with Crippen molar-refractivity contribution in [2.75, 3.05) is 17.0 Å². The number of ether oxygens (including phenoxy) is 2. The summed E-state index contributed by atoms with van der Waals surface area (Å²) < 4.78 is 17.2. The molecule has 0 aliphatic carbocycles. The summed E-state index contributed by atoms with van der Waals surface area (Å²) in [5.74, 6) is 2.21. The number of anilines is 2. The summed E-state index contributed by atoms with van der Waals surface area (Å²) >= 11 is -0.231. The molecule has 5 rings (SSSR count). The molecule has 3 aromatic carbocycles. The van der Waals surface area contributed by atoms with Crippen molar-refractivity contribution in [3.63, 3.8) is 0 Å². The van der Waals surface area contributed by atoms with E-state index in [0.29, 0.717) is 10.6 Å². The number of hydrogen-bond donors (Lipinski definition) is 2. The predicted molar refractivity (Wildman–Crippen MR) is 133 cm³/mol. The van der Waals surface area contributed by atoms with Gasteiger partial charge in [-0.25, -0.2) is 0 Å². The summed E-state index contributed by atoms with van der Waals surface area (Å²) in [4.78, 5) is 4.63. The van der Waals surface area contributed by atoms with Gasteiger partial charge in [0.15, 0.2) is 0 Å². The van der Waals surface area contributed by atoms with Gasteiger partial charge in [-0.05, 0) is 24.3 Å². The minimum absolute atomic E-state index is 0.231. The van der Waals surface area contributed by atoms with E-state index in [-0.39, 0.29) is 21.5 Å². The van der Waals surface area contributed by atoms with Crippen molar-refractivity contribution in [3.05, 3.63) is 103 Å². The van der Waals surface area contributed by atoms with Crippen LogP contribution in [0.15, 0.2) is 97.1 Å². The van der Waals surface area contributed by atoms with Crippen LogP contribution in [0, 0.1) is 0 Å². The maximum atomic E-state index is 5.89. The quantitative estimate of drug-likeness (QED) is 0.115. The fourth-order valence-electron chi connectivity index (χ4n) is 3.55. The van der Waals surface area contributed by atoms with Crippen LogP contribution in [-0.2, 0) is 6.54 Å². The Hall–Kier alpha value is -3.63. The average molecular weight is 578 g/mol. The summed E-state index contributed by atoms with van der Waals surface area (Å²) in [5.41, 5.74) is 4.96. The predicted octanol–water partition coefficient (Wildman–Crippen LogP) is 2.28. The zero-order valence-corrected chi connectivity index (χ0v) is 21.3. The zero-order chi connectivity index (χ0) is 23.9. The van der Waals surface area contributed by atoms with Crippen LogP contribution in [0.2, 0.25) is 0 Å². The van der Waals surface area contributed by atoms with E-state index < -0.39 is 0 Å². The standard InChI is InChI=1S/C27H25IN5O2/c1-34-23-14-10-21(11-15-23)25-8-5-9-26-31-27(32-33(25)26)30-22-12-16-24(17-13-22)35-19-28-29-18-20-6-3-2-4-7-20/h2-17,29H,18-19H2,1H3,(H,30,32)/q-1. The molecule has 0 aliphatic heterocycles. The number of methoxy groups -OCH3 is 1. The van der Waals surface area contributed by atoms with Crippen molar-refractivity contribution in [1.82, 2.24) is 18.1 Å². The number of pyridine rings is 1. The maximum Gasteiger partial charge on any atom is -0.0193 e. The first-order valence-electron chi connectivity index (χ1n) is 11.1. The van der Waals surface area contributed by atoms with Crippen molar-refractivity contribution in [3.8, 4) is 22.8 Å². The van der Waals surface area contributed by atoms with Crippen LogP contribution >= 0.6 is 0 Å². The molecule has 0 fully saturated rings. The molecule has 0 saturated heterocycles. The first kappa shape index (κ1) is 23.1. The Bertz CT molecular complexity index is 1370. The normalized spacial score (nSPS) is 11.0. The van der Waals surface area contributed by atoms with Crippen LogP contribution in [0.1, 0.15) is 5.56 Å². The molecule has 0 amide bonds. The molecule has 35 heavy (non-hydrogen) atoms. The minimum Gasteiger partial charge on any atom is -0.0491 e. The van der Waals surface area contributed by atoms with Crippen molar-refractivity contribution in [2.45, 2.75) is 6.54 Å². The number of alkyl halides is 1. The van der Waals surface area contributed by atoms with E-state index in [2.05, 4.69) is 43.2 Å². The maximum absolute atomic E-state index is 5.89. The number of halogens is 1. The average Bonchev–Trinajstić information content (AvgIpc) is 3.33. The van der Waals surface area contributed by atoms with Gasteiger partial charge in [0.1, 0.15) is 5.75 Å². The summed E-state index contributed by atoms with van der Waals surface area (Å²) in [7, 11) is 1.66. The zero-order valence-electron chi connectivity index (χ0n) is 19.2. The molecule has 2 aromatic heterocycles. The fourth-order valence-corrected chi connectivity index (χ4v) is 5.00. The Labute approximate surface area is 214 Å². The van der Waals surface area contributed by atoms with Crippen LogP contribution in [0.25, 0.3) is 16.9 Å². The van der Waals surface area contributed by atoms with Gasteiger partial charge in [-0.3, -0.25) is 0 Å². The van der Waals surface area contributed by atoms with Gasteiger partial charge in [-0.1, -0.05) is 0 Å². The number of nitrogens with one attached hydrogen (secondary N) is 2. The van der Waals surface area contributed by atoms with Crippen LogP contribution in [-0.4, -0.2) is 26.3 Å². The number of nitrogens with zero attached hydrogens (tertiary/aromatic N) is 3. The first-order valence-corrected chi connectivity index (χ1v) is 13.7. The minimum atomic E-state index is -0.231. The molecular formula is C27H25IN5O2-. The van der Waals surface area contributed by atoms with Crippen molar-refractivity contribution < 1.29 is 31.0 Å². The molecule has 0 saturated carbocycles. The molecule has 0 atom stereocenters. The van der Waals surface area contributed by atoms with E-state index >= 15 is 0 Å². The molecule has 178 valence electrons. The Balaban J connectivity index is 1.18. The third-order valence-corrected chi connectivity index (χ3v) is 6.88. The Morgan fingerprint density at radius 2 is 1.60 bits per heavy atom. The molecule has 2 N–H and O–H groups in total. The second kappa shape index (κ2) is 11.2. The van der Waals surface area contributed by atoms with Crippen LogP contribution in [0.3, 0.4) is 0 Å². The molecule has 0 bridgehead atoms. The smallest absolute Gasteiger partial charge is 0.0193 e. The van der Waals surface area contributed by atoms with Crippen LogP contribution < -0.4 is 39.8 Å². The Morgan fingerprint density at radius 3 is 2.37 bits per heavy atom. The number of benzene rings is 3. The van der Waals surface area contributed by atoms with E-state index in [1.54, 1.807) is 7.11 Å².